The van der Waals surface area contributed by atoms with Gasteiger partial charge in [-0.2, -0.15) is 5.10 Å². The summed E-state index contributed by atoms with van der Waals surface area (Å²) in [7, 11) is 0. The number of carbonyl (C=O) groups excluding carboxylic acids is 1. The van der Waals surface area contributed by atoms with Gasteiger partial charge in [0.15, 0.2) is 5.69 Å². The van der Waals surface area contributed by atoms with Crippen molar-refractivity contribution < 1.29 is 9.53 Å². The van der Waals surface area contributed by atoms with Crippen LogP contribution in [0.3, 0.4) is 0 Å². The lowest BCUT2D eigenvalue weighted by Crippen LogP contribution is -2.40. The molecule has 1 spiro atoms. The summed E-state index contributed by atoms with van der Waals surface area (Å²) in [5, 5.41) is 4.25. The lowest BCUT2D eigenvalue weighted by atomic mass is 9.78. The van der Waals surface area contributed by atoms with E-state index in [1.165, 1.54) is 0 Å². The number of nitrogens with zero attached hydrogens (tertiary/aromatic N) is 6. The second-order valence-electron chi connectivity index (χ2n) is 9.65. The maximum atomic E-state index is 12.9. The summed E-state index contributed by atoms with van der Waals surface area (Å²) in [5.74, 6) is 0.377. The number of aromatic nitrogens is 4. The molecule has 1 aliphatic carbocycles. The molecule has 0 radical (unpaired) electrons. The third-order valence-electron chi connectivity index (χ3n) is 7.22. The molecule has 2 aliphatic rings. The summed E-state index contributed by atoms with van der Waals surface area (Å²) < 4.78 is 10.1. The van der Waals surface area contributed by atoms with Crippen LogP contribution in [0.15, 0.2) is 67.3 Å². The van der Waals surface area contributed by atoms with Gasteiger partial charge in [-0.25, -0.2) is 14.6 Å². The Bertz CT molecular complexity index is 1400. The molecule has 1 aliphatic heterocycles. The maximum Gasteiger partial charge on any atom is 0.415 e. The highest BCUT2D eigenvalue weighted by Crippen LogP contribution is 2.42. The van der Waals surface area contributed by atoms with Gasteiger partial charge < -0.3 is 9.30 Å². The van der Waals surface area contributed by atoms with Gasteiger partial charge in [0.1, 0.15) is 5.60 Å². The van der Waals surface area contributed by atoms with E-state index in [4.69, 9.17) is 11.3 Å². The molecule has 1 saturated carbocycles. The molecular formula is C27H26N6O2. The van der Waals surface area contributed by atoms with Crippen LogP contribution in [0.4, 0.5) is 16.2 Å². The van der Waals surface area contributed by atoms with Gasteiger partial charge in [-0.1, -0.05) is 18.2 Å². The molecule has 4 aromatic rings. The van der Waals surface area contributed by atoms with E-state index in [-0.39, 0.29) is 6.09 Å². The summed E-state index contributed by atoms with van der Waals surface area (Å²) in [5.41, 5.74) is 4.05. The second kappa shape index (κ2) is 8.58. The van der Waals surface area contributed by atoms with Crippen molar-refractivity contribution in [1.82, 2.24) is 19.3 Å². The van der Waals surface area contributed by atoms with Crippen LogP contribution < -0.4 is 4.90 Å². The van der Waals surface area contributed by atoms with Gasteiger partial charge in [0.25, 0.3) is 0 Å². The topological polar surface area (TPSA) is 69.5 Å². The Labute approximate surface area is 203 Å². The van der Waals surface area contributed by atoms with E-state index >= 15 is 0 Å². The minimum atomic E-state index is -0.453. The zero-order valence-electron chi connectivity index (χ0n) is 19.4. The number of hydrogen-bond acceptors (Lipinski definition) is 4. The minimum Gasteiger partial charge on any atom is -0.441 e. The fourth-order valence-corrected chi connectivity index (χ4v) is 5.56. The van der Waals surface area contributed by atoms with Crippen LogP contribution in [0.1, 0.15) is 31.2 Å². The van der Waals surface area contributed by atoms with Crippen LogP contribution in [0.2, 0.25) is 0 Å². The zero-order chi connectivity index (χ0) is 23.8. The first kappa shape index (κ1) is 21.4. The molecule has 2 aromatic heterocycles. The van der Waals surface area contributed by atoms with Crippen molar-refractivity contribution in [3.05, 3.63) is 84.2 Å². The number of benzene rings is 2. The third-order valence-corrected chi connectivity index (χ3v) is 7.22. The van der Waals surface area contributed by atoms with Gasteiger partial charge in [0.2, 0.25) is 0 Å². The molecule has 2 fully saturated rings. The average Bonchev–Trinajstić information content (AvgIpc) is 3.60. The largest absolute Gasteiger partial charge is 0.441 e. The van der Waals surface area contributed by atoms with Crippen molar-refractivity contribution in [1.29, 1.82) is 0 Å². The lowest BCUT2D eigenvalue weighted by molar-refractivity contribution is 0.00439. The predicted molar refractivity (Wildman–Crippen MR) is 132 cm³/mol. The Morgan fingerprint density at radius 1 is 1.20 bits per heavy atom. The molecule has 2 atom stereocenters. The van der Waals surface area contributed by atoms with Crippen LogP contribution in [-0.4, -0.2) is 37.6 Å². The van der Waals surface area contributed by atoms with E-state index in [2.05, 4.69) is 19.5 Å². The van der Waals surface area contributed by atoms with Gasteiger partial charge in [-0.3, -0.25) is 9.58 Å². The van der Waals surface area contributed by atoms with Gasteiger partial charge in [0, 0.05) is 24.6 Å². The first-order valence-corrected chi connectivity index (χ1v) is 12.0. The molecule has 8 nitrogen and oxygen atoms in total. The summed E-state index contributed by atoms with van der Waals surface area (Å²) in [6.45, 7) is 9.39. The van der Waals surface area contributed by atoms with Crippen molar-refractivity contribution in [2.75, 3.05) is 11.4 Å². The van der Waals surface area contributed by atoms with Crippen molar-refractivity contribution in [2.45, 2.75) is 44.4 Å². The molecule has 0 unspecified atom stereocenters. The fourth-order valence-electron chi connectivity index (χ4n) is 5.56. The Hall–Kier alpha value is -4.12. The highest BCUT2D eigenvalue weighted by Gasteiger charge is 2.48. The van der Waals surface area contributed by atoms with Crippen molar-refractivity contribution in [2.24, 2.45) is 5.92 Å². The van der Waals surface area contributed by atoms with Crippen molar-refractivity contribution >= 4 is 28.5 Å². The normalized spacial score (nSPS) is 22.0. The van der Waals surface area contributed by atoms with Crippen LogP contribution in [0.5, 0.6) is 0 Å². The monoisotopic (exact) mass is 466 g/mol. The number of anilines is 1. The van der Waals surface area contributed by atoms with Crippen LogP contribution in [0.25, 0.3) is 15.9 Å². The Morgan fingerprint density at radius 2 is 2.09 bits per heavy atom. The SMILES string of the molecule is [C-]#[N+]c1ccc2ncn(C[C@H]3CCC[C@]4(C3)CN(c3ccc(Cn5cccn5)cc3)C(=O)O4)c2c1. The molecule has 3 heterocycles. The number of amides is 1. The van der Waals surface area contributed by atoms with E-state index in [0.717, 1.165) is 54.5 Å². The summed E-state index contributed by atoms with van der Waals surface area (Å²) >= 11 is 0. The summed E-state index contributed by atoms with van der Waals surface area (Å²) in [6.07, 6.45) is 9.12. The highest BCUT2D eigenvalue weighted by atomic mass is 16.6. The Kier molecular flexibility index (Phi) is 5.25. The van der Waals surface area contributed by atoms with E-state index < -0.39 is 5.60 Å². The first-order chi connectivity index (χ1) is 17.1. The van der Waals surface area contributed by atoms with Gasteiger partial charge in [-0.05, 0) is 67.5 Å². The van der Waals surface area contributed by atoms with Crippen molar-refractivity contribution in [3.63, 3.8) is 0 Å². The third kappa shape index (κ3) is 4.14. The molecular weight excluding hydrogens is 440 g/mol. The molecule has 6 rings (SSSR count). The number of fused-ring (bicyclic) bond motifs is 1. The van der Waals surface area contributed by atoms with E-state index in [0.29, 0.717) is 24.7 Å². The van der Waals surface area contributed by atoms with Crippen LogP contribution >= 0.6 is 0 Å². The molecule has 2 aromatic carbocycles. The standard InChI is InChI=1S/C27H26N6O2/c1-28-22-7-10-24-25(14-22)31(19-29-24)16-21-4-2-11-27(15-21)18-33(26(34)35-27)23-8-5-20(6-9-23)17-32-13-3-12-30-32/h3,5-10,12-14,19,21H,2,4,11,15-18H2/t21-,27-/m0/s1. The molecule has 0 N–H and O–H groups in total. The first-order valence-electron chi connectivity index (χ1n) is 12.0. The number of ether oxygens (including phenoxy) is 1. The molecule has 35 heavy (non-hydrogen) atoms. The minimum absolute atomic E-state index is 0.264. The van der Waals surface area contributed by atoms with Gasteiger partial charge in [0.05, 0.1) is 37.0 Å². The van der Waals surface area contributed by atoms with E-state index in [9.17, 15) is 4.79 Å². The Morgan fingerprint density at radius 3 is 2.89 bits per heavy atom. The molecule has 8 heteroatoms. The quantitative estimate of drug-likeness (QED) is 0.369. The van der Waals surface area contributed by atoms with Gasteiger partial charge in [-0.15, -0.1) is 0 Å². The summed E-state index contributed by atoms with van der Waals surface area (Å²) in [6, 6.07) is 15.6. The Balaban J connectivity index is 1.16. The van der Waals surface area contributed by atoms with Gasteiger partial charge >= 0.3 is 6.09 Å². The number of rotatable bonds is 5. The maximum absolute atomic E-state index is 12.9. The molecule has 1 amide bonds. The second-order valence-corrected chi connectivity index (χ2v) is 9.65. The molecule has 176 valence electrons. The number of hydrogen-bond donors (Lipinski definition) is 0. The highest BCUT2D eigenvalue weighted by molar-refractivity contribution is 5.90. The summed E-state index contributed by atoms with van der Waals surface area (Å²) in [4.78, 5) is 22.7. The predicted octanol–water partition coefficient (Wildman–Crippen LogP) is 5.42. The number of imidazole rings is 1. The zero-order valence-corrected chi connectivity index (χ0v) is 19.4. The van der Waals surface area contributed by atoms with E-state index in [1.54, 1.807) is 17.2 Å². The van der Waals surface area contributed by atoms with Crippen LogP contribution in [-0.2, 0) is 17.8 Å². The fraction of sp³-hybridized carbons (Fsp3) is 0.333. The molecule has 0 bridgehead atoms. The smallest absolute Gasteiger partial charge is 0.415 e. The van der Waals surface area contributed by atoms with Crippen LogP contribution in [0, 0.1) is 12.5 Å². The number of carbonyl (C=O) groups is 1. The van der Waals surface area contributed by atoms with E-state index in [1.807, 2.05) is 59.7 Å². The average molecular weight is 467 g/mol. The lowest BCUT2D eigenvalue weighted by Gasteiger charge is -2.36. The van der Waals surface area contributed by atoms with Crippen molar-refractivity contribution in [3.8, 4) is 0 Å². The molecule has 1 saturated heterocycles.